The molecule has 0 saturated carbocycles. The summed E-state index contributed by atoms with van der Waals surface area (Å²) >= 11 is 1.77. The van der Waals surface area contributed by atoms with Crippen molar-refractivity contribution in [3.8, 4) is 0 Å². The van der Waals surface area contributed by atoms with E-state index in [1.54, 1.807) is 11.3 Å². The van der Waals surface area contributed by atoms with E-state index < -0.39 is 0 Å². The van der Waals surface area contributed by atoms with Crippen LogP contribution in [0, 0.1) is 12.3 Å². The van der Waals surface area contributed by atoms with Crippen LogP contribution in [-0.4, -0.2) is 4.98 Å². The fraction of sp³-hybridized carbons (Fsp3) is 0.700. The summed E-state index contributed by atoms with van der Waals surface area (Å²) in [5.74, 6) is 0.552. The lowest BCUT2D eigenvalue weighted by Gasteiger charge is -2.25. The van der Waals surface area contributed by atoms with Crippen LogP contribution in [-0.2, 0) is 0 Å². The third-order valence-electron chi connectivity index (χ3n) is 2.31. The molecule has 1 heterocycles. The SMILES string of the molecule is Cc1csc([C@H](C)C(C)(C)C)n1. The number of aromatic nitrogens is 1. The summed E-state index contributed by atoms with van der Waals surface area (Å²) in [4.78, 5) is 4.50. The van der Waals surface area contributed by atoms with E-state index in [4.69, 9.17) is 0 Å². The Morgan fingerprint density at radius 1 is 1.42 bits per heavy atom. The topological polar surface area (TPSA) is 12.9 Å². The van der Waals surface area contributed by atoms with E-state index in [2.05, 4.69) is 45.0 Å². The van der Waals surface area contributed by atoms with Gasteiger partial charge in [-0.3, -0.25) is 0 Å². The van der Waals surface area contributed by atoms with Crippen molar-refractivity contribution >= 4 is 11.3 Å². The Kier molecular flexibility index (Phi) is 2.57. The van der Waals surface area contributed by atoms with Gasteiger partial charge in [0.1, 0.15) is 0 Å². The van der Waals surface area contributed by atoms with E-state index in [9.17, 15) is 0 Å². The number of aryl methyl sites for hydroxylation is 1. The summed E-state index contributed by atoms with van der Waals surface area (Å²) in [5.41, 5.74) is 1.47. The van der Waals surface area contributed by atoms with Gasteiger partial charge < -0.3 is 0 Å². The first kappa shape index (κ1) is 9.72. The molecule has 1 aromatic heterocycles. The Hall–Kier alpha value is -0.370. The highest BCUT2D eigenvalue weighted by molar-refractivity contribution is 7.09. The summed E-state index contributed by atoms with van der Waals surface area (Å²) in [6.07, 6.45) is 0. The normalized spacial score (nSPS) is 14.8. The average molecular weight is 183 g/mol. The van der Waals surface area contributed by atoms with Gasteiger partial charge in [-0.1, -0.05) is 27.7 Å². The van der Waals surface area contributed by atoms with Crippen molar-refractivity contribution in [1.29, 1.82) is 0 Å². The maximum atomic E-state index is 4.50. The fourth-order valence-corrected chi connectivity index (χ4v) is 2.04. The maximum absolute atomic E-state index is 4.50. The second kappa shape index (κ2) is 3.17. The summed E-state index contributed by atoms with van der Waals surface area (Å²) in [6, 6.07) is 0. The molecule has 1 aromatic rings. The van der Waals surface area contributed by atoms with Gasteiger partial charge in [0, 0.05) is 17.0 Å². The molecule has 0 bridgehead atoms. The Bertz CT molecular complexity index is 257. The number of thiazole rings is 1. The molecule has 0 saturated heterocycles. The van der Waals surface area contributed by atoms with Crippen LogP contribution in [0.1, 0.15) is 44.3 Å². The molecule has 0 fully saturated rings. The third-order valence-corrected chi connectivity index (χ3v) is 3.45. The zero-order valence-corrected chi connectivity index (χ0v) is 9.33. The first-order chi connectivity index (χ1) is 5.41. The maximum Gasteiger partial charge on any atom is 0.0961 e. The van der Waals surface area contributed by atoms with Crippen LogP contribution in [0.25, 0.3) is 0 Å². The molecular formula is C10H17NS. The molecule has 1 rings (SSSR count). The highest BCUT2D eigenvalue weighted by Crippen LogP contribution is 2.35. The third kappa shape index (κ3) is 2.07. The monoisotopic (exact) mass is 183 g/mol. The molecule has 0 radical (unpaired) electrons. The lowest BCUT2D eigenvalue weighted by Crippen LogP contribution is -2.14. The Morgan fingerprint density at radius 2 is 2.00 bits per heavy atom. The number of nitrogens with zero attached hydrogens (tertiary/aromatic N) is 1. The van der Waals surface area contributed by atoms with Crippen LogP contribution in [0.2, 0.25) is 0 Å². The zero-order chi connectivity index (χ0) is 9.35. The molecule has 0 aliphatic carbocycles. The van der Waals surface area contributed by atoms with Crippen molar-refractivity contribution in [2.24, 2.45) is 5.41 Å². The standard InChI is InChI=1S/C10H17NS/c1-7-6-12-9(11-7)8(2)10(3,4)5/h6,8H,1-5H3/t8-/m0/s1. The number of hydrogen-bond donors (Lipinski definition) is 0. The summed E-state index contributed by atoms with van der Waals surface area (Å²) in [6.45, 7) is 11.1. The number of rotatable bonds is 1. The highest BCUT2D eigenvalue weighted by Gasteiger charge is 2.23. The van der Waals surface area contributed by atoms with Crippen molar-refractivity contribution in [3.63, 3.8) is 0 Å². The van der Waals surface area contributed by atoms with E-state index in [0.717, 1.165) is 5.69 Å². The molecule has 0 aliphatic heterocycles. The molecule has 68 valence electrons. The minimum atomic E-state index is 0.324. The van der Waals surface area contributed by atoms with E-state index in [1.807, 2.05) is 0 Å². The van der Waals surface area contributed by atoms with Crippen molar-refractivity contribution in [3.05, 3.63) is 16.1 Å². The second-order valence-corrected chi connectivity index (χ2v) is 5.30. The van der Waals surface area contributed by atoms with Crippen LogP contribution in [0.4, 0.5) is 0 Å². The molecule has 2 heteroatoms. The van der Waals surface area contributed by atoms with E-state index in [0.29, 0.717) is 11.3 Å². The summed E-state index contributed by atoms with van der Waals surface area (Å²) < 4.78 is 0. The number of hydrogen-bond acceptors (Lipinski definition) is 2. The highest BCUT2D eigenvalue weighted by atomic mass is 32.1. The van der Waals surface area contributed by atoms with Gasteiger partial charge in [0.2, 0.25) is 0 Å². The molecule has 0 spiro atoms. The van der Waals surface area contributed by atoms with E-state index in [1.165, 1.54) is 5.01 Å². The van der Waals surface area contributed by atoms with Gasteiger partial charge in [0.15, 0.2) is 0 Å². The quantitative estimate of drug-likeness (QED) is 0.648. The fourth-order valence-electron chi connectivity index (χ4n) is 0.941. The molecule has 12 heavy (non-hydrogen) atoms. The Labute approximate surface area is 78.8 Å². The van der Waals surface area contributed by atoms with E-state index >= 15 is 0 Å². The zero-order valence-electron chi connectivity index (χ0n) is 8.51. The lowest BCUT2D eigenvalue weighted by atomic mass is 9.82. The molecule has 0 N–H and O–H groups in total. The smallest absolute Gasteiger partial charge is 0.0961 e. The van der Waals surface area contributed by atoms with Gasteiger partial charge in [-0.25, -0.2) is 4.98 Å². The van der Waals surface area contributed by atoms with Gasteiger partial charge >= 0.3 is 0 Å². The second-order valence-electron chi connectivity index (χ2n) is 4.41. The summed E-state index contributed by atoms with van der Waals surface area (Å²) in [5, 5.41) is 3.39. The van der Waals surface area contributed by atoms with Crippen molar-refractivity contribution in [2.75, 3.05) is 0 Å². The first-order valence-electron chi connectivity index (χ1n) is 4.33. The van der Waals surface area contributed by atoms with Gasteiger partial charge in [0.25, 0.3) is 0 Å². The molecule has 0 unspecified atom stereocenters. The van der Waals surface area contributed by atoms with Crippen molar-refractivity contribution in [1.82, 2.24) is 4.98 Å². The van der Waals surface area contributed by atoms with Crippen LogP contribution in [0.15, 0.2) is 5.38 Å². The minimum absolute atomic E-state index is 0.324. The minimum Gasteiger partial charge on any atom is -0.246 e. The van der Waals surface area contributed by atoms with Crippen molar-refractivity contribution < 1.29 is 0 Å². The van der Waals surface area contributed by atoms with Gasteiger partial charge in [-0.15, -0.1) is 11.3 Å². The molecule has 0 aromatic carbocycles. The van der Waals surface area contributed by atoms with E-state index in [-0.39, 0.29) is 0 Å². The first-order valence-corrected chi connectivity index (χ1v) is 5.21. The van der Waals surface area contributed by atoms with Crippen LogP contribution in [0.5, 0.6) is 0 Å². The molecule has 0 amide bonds. The van der Waals surface area contributed by atoms with Crippen LogP contribution in [0.3, 0.4) is 0 Å². The Balaban J connectivity index is 2.85. The van der Waals surface area contributed by atoms with Gasteiger partial charge in [-0.2, -0.15) is 0 Å². The van der Waals surface area contributed by atoms with Gasteiger partial charge in [-0.05, 0) is 12.3 Å². The summed E-state index contributed by atoms with van der Waals surface area (Å²) in [7, 11) is 0. The Morgan fingerprint density at radius 3 is 2.33 bits per heavy atom. The van der Waals surface area contributed by atoms with Crippen molar-refractivity contribution in [2.45, 2.75) is 40.5 Å². The average Bonchev–Trinajstić information content (AvgIpc) is 2.32. The van der Waals surface area contributed by atoms with Crippen LogP contribution >= 0.6 is 11.3 Å². The molecular weight excluding hydrogens is 166 g/mol. The predicted molar refractivity (Wildman–Crippen MR) is 54.7 cm³/mol. The largest absolute Gasteiger partial charge is 0.246 e. The molecule has 1 atom stereocenters. The van der Waals surface area contributed by atoms with Crippen LogP contribution < -0.4 is 0 Å². The predicted octanol–water partition coefficient (Wildman–Crippen LogP) is 3.60. The molecule has 1 nitrogen and oxygen atoms in total. The molecule has 0 aliphatic rings. The van der Waals surface area contributed by atoms with Gasteiger partial charge in [0.05, 0.1) is 5.01 Å². The lowest BCUT2D eigenvalue weighted by molar-refractivity contribution is 0.338.